The first kappa shape index (κ1) is 32.9. The highest BCUT2D eigenvalue weighted by Crippen LogP contribution is 2.31. The molecule has 1 aliphatic rings. The van der Waals surface area contributed by atoms with Gasteiger partial charge in [0.1, 0.15) is 24.1 Å². The number of carbonyl (C=O) groups is 2. The van der Waals surface area contributed by atoms with Gasteiger partial charge in [-0.3, -0.25) is 13.9 Å². The Balaban J connectivity index is 1.76. The minimum absolute atomic E-state index is 0.0346. The lowest BCUT2D eigenvalue weighted by Crippen LogP contribution is -2.55. The summed E-state index contributed by atoms with van der Waals surface area (Å²) < 4.78 is 38.3. The van der Waals surface area contributed by atoms with Gasteiger partial charge in [-0.05, 0) is 60.7 Å². The van der Waals surface area contributed by atoms with Crippen LogP contribution in [-0.4, -0.2) is 64.2 Å². The standard InChI is InChI=1S/C34H43N3O6S/c1-25-18-19-32(43-3)30(20-25)37(44(4,40)41)24-33(38)36(23-27-14-11-17-29(21-27)42-2)31(22-26-12-7-5-8-13-26)34(39)35-28-15-9-6-10-16-28/h5,7-8,11-14,17-21,28,31H,6,9-10,15-16,22-24H2,1-4H3,(H,35,39). The Hall–Kier alpha value is -4.05. The summed E-state index contributed by atoms with van der Waals surface area (Å²) in [5.74, 6) is 0.171. The van der Waals surface area contributed by atoms with Crippen molar-refractivity contribution >= 4 is 27.5 Å². The van der Waals surface area contributed by atoms with Crippen molar-refractivity contribution in [1.82, 2.24) is 10.2 Å². The molecule has 0 radical (unpaired) electrons. The number of ether oxygens (including phenoxy) is 2. The van der Waals surface area contributed by atoms with Crippen LogP contribution in [0.1, 0.15) is 48.8 Å². The van der Waals surface area contributed by atoms with Crippen molar-refractivity contribution in [2.75, 3.05) is 31.3 Å². The van der Waals surface area contributed by atoms with Crippen LogP contribution in [0.25, 0.3) is 0 Å². The smallest absolute Gasteiger partial charge is 0.244 e. The number of hydrogen-bond acceptors (Lipinski definition) is 6. The second-order valence-electron chi connectivity index (χ2n) is 11.4. The lowest BCUT2D eigenvalue weighted by molar-refractivity contribution is -0.140. The van der Waals surface area contributed by atoms with Gasteiger partial charge < -0.3 is 19.7 Å². The zero-order valence-corrected chi connectivity index (χ0v) is 26.8. The first-order valence-corrected chi connectivity index (χ1v) is 16.8. The van der Waals surface area contributed by atoms with Gasteiger partial charge in [0.15, 0.2) is 0 Å². The highest BCUT2D eigenvalue weighted by molar-refractivity contribution is 7.92. The Bertz CT molecular complexity index is 1520. The van der Waals surface area contributed by atoms with E-state index >= 15 is 0 Å². The molecule has 1 fully saturated rings. The highest BCUT2D eigenvalue weighted by atomic mass is 32.2. The van der Waals surface area contributed by atoms with E-state index in [1.54, 1.807) is 19.2 Å². The molecule has 1 unspecified atom stereocenters. The van der Waals surface area contributed by atoms with Crippen molar-refractivity contribution < 1.29 is 27.5 Å². The van der Waals surface area contributed by atoms with Gasteiger partial charge >= 0.3 is 0 Å². The molecule has 236 valence electrons. The number of nitrogens with one attached hydrogen (secondary N) is 1. The normalized spacial score (nSPS) is 14.4. The fraction of sp³-hybridized carbons (Fsp3) is 0.412. The summed E-state index contributed by atoms with van der Waals surface area (Å²) in [6.45, 7) is 1.41. The van der Waals surface area contributed by atoms with Crippen molar-refractivity contribution in [3.05, 3.63) is 89.5 Å². The van der Waals surface area contributed by atoms with E-state index in [0.29, 0.717) is 11.5 Å². The van der Waals surface area contributed by atoms with Crippen LogP contribution in [0.5, 0.6) is 11.5 Å². The monoisotopic (exact) mass is 621 g/mol. The number of benzene rings is 3. The van der Waals surface area contributed by atoms with Crippen LogP contribution in [0.2, 0.25) is 0 Å². The molecule has 3 aromatic rings. The van der Waals surface area contributed by atoms with Crippen LogP contribution in [0.15, 0.2) is 72.8 Å². The van der Waals surface area contributed by atoms with E-state index in [0.717, 1.165) is 59.4 Å². The largest absolute Gasteiger partial charge is 0.497 e. The zero-order valence-electron chi connectivity index (χ0n) is 26.0. The third-order valence-corrected chi connectivity index (χ3v) is 9.12. The van der Waals surface area contributed by atoms with E-state index in [-0.39, 0.29) is 30.6 Å². The number of aryl methyl sites for hydroxylation is 1. The van der Waals surface area contributed by atoms with Gasteiger partial charge in [-0.25, -0.2) is 8.42 Å². The maximum atomic E-state index is 14.4. The minimum atomic E-state index is -3.92. The van der Waals surface area contributed by atoms with E-state index in [1.165, 1.54) is 12.0 Å². The number of amides is 2. The zero-order chi connectivity index (χ0) is 31.7. The molecule has 3 aromatic carbocycles. The molecular formula is C34H43N3O6S. The molecule has 0 heterocycles. The number of sulfonamides is 1. The Morgan fingerprint density at radius 1 is 0.909 bits per heavy atom. The highest BCUT2D eigenvalue weighted by Gasteiger charge is 2.34. The van der Waals surface area contributed by atoms with E-state index in [9.17, 15) is 18.0 Å². The first-order chi connectivity index (χ1) is 21.1. The average Bonchev–Trinajstić information content (AvgIpc) is 3.02. The number of nitrogens with zero attached hydrogens (tertiary/aromatic N) is 2. The second-order valence-corrected chi connectivity index (χ2v) is 13.3. The van der Waals surface area contributed by atoms with Gasteiger partial charge in [-0.15, -0.1) is 0 Å². The lowest BCUT2D eigenvalue weighted by atomic mass is 9.94. The second kappa shape index (κ2) is 15.1. The molecule has 44 heavy (non-hydrogen) atoms. The molecule has 2 amide bonds. The molecular weight excluding hydrogens is 578 g/mol. The van der Waals surface area contributed by atoms with Gasteiger partial charge in [0.25, 0.3) is 0 Å². The van der Waals surface area contributed by atoms with Crippen molar-refractivity contribution in [2.45, 2.75) is 64.1 Å². The predicted octanol–water partition coefficient (Wildman–Crippen LogP) is 4.87. The van der Waals surface area contributed by atoms with E-state index < -0.39 is 28.5 Å². The molecule has 1 N–H and O–H groups in total. The number of rotatable bonds is 13. The Kier molecular flexibility index (Phi) is 11.3. The van der Waals surface area contributed by atoms with E-state index in [2.05, 4.69) is 5.32 Å². The first-order valence-electron chi connectivity index (χ1n) is 15.0. The van der Waals surface area contributed by atoms with Gasteiger partial charge in [0, 0.05) is 19.0 Å². The molecule has 1 aliphatic carbocycles. The summed E-state index contributed by atoms with van der Waals surface area (Å²) in [5, 5.41) is 3.21. The summed E-state index contributed by atoms with van der Waals surface area (Å²) in [7, 11) is -0.900. The third-order valence-electron chi connectivity index (χ3n) is 7.99. The number of methoxy groups -OCH3 is 2. The predicted molar refractivity (Wildman–Crippen MR) is 172 cm³/mol. The molecule has 4 rings (SSSR count). The van der Waals surface area contributed by atoms with Gasteiger partial charge in [0.2, 0.25) is 21.8 Å². The molecule has 10 heteroatoms. The third kappa shape index (κ3) is 8.75. The van der Waals surface area contributed by atoms with Crippen molar-refractivity contribution in [1.29, 1.82) is 0 Å². The molecule has 0 bridgehead atoms. The fourth-order valence-electron chi connectivity index (χ4n) is 5.66. The molecule has 1 saturated carbocycles. The molecule has 9 nitrogen and oxygen atoms in total. The summed E-state index contributed by atoms with van der Waals surface area (Å²) >= 11 is 0. The molecule has 0 aromatic heterocycles. The Morgan fingerprint density at radius 3 is 2.27 bits per heavy atom. The maximum Gasteiger partial charge on any atom is 0.244 e. The van der Waals surface area contributed by atoms with Crippen LogP contribution in [-0.2, 0) is 32.6 Å². The van der Waals surface area contributed by atoms with Crippen LogP contribution in [0.4, 0.5) is 5.69 Å². The van der Waals surface area contributed by atoms with E-state index in [1.807, 2.05) is 67.6 Å². The van der Waals surface area contributed by atoms with Crippen LogP contribution in [0, 0.1) is 6.92 Å². The SMILES string of the molecule is COc1cccc(CN(C(=O)CN(c2cc(C)ccc2OC)S(C)(=O)=O)C(Cc2ccccc2)C(=O)NC2CCCCC2)c1. The van der Waals surface area contributed by atoms with Gasteiger partial charge in [-0.2, -0.15) is 0 Å². The van der Waals surface area contributed by atoms with Gasteiger partial charge in [0.05, 0.1) is 26.2 Å². The van der Waals surface area contributed by atoms with Crippen molar-refractivity contribution in [3.63, 3.8) is 0 Å². The average molecular weight is 622 g/mol. The summed E-state index contributed by atoms with van der Waals surface area (Å²) in [4.78, 5) is 30.0. The van der Waals surface area contributed by atoms with Crippen LogP contribution in [0.3, 0.4) is 0 Å². The number of carbonyl (C=O) groups excluding carboxylic acids is 2. The van der Waals surface area contributed by atoms with Crippen LogP contribution >= 0.6 is 0 Å². The lowest BCUT2D eigenvalue weighted by Gasteiger charge is -2.35. The van der Waals surface area contributed by atoms with Crippen LogP contribution < -0.4 is 19.1 Å². The number of anilines is 1. The quantitative estimate of drug-likeness (QED) is 0.292. The number of hydrogen-bond donors (Lipinski definition) is 1. The van der Waals surface area contributed by atoms with E-state index in [4.69, 9.17) is 9.47 Å². The molecule has 0 spiro atoms. The topological polar surface area (TPSA) is 105 Å². The summed E-state index contributed by atoms with van der Waals surface area (Å²) in [5.41, 5.74) is 2.71. The molecule has 0 saturated heterocycles. The Labute approximate surface area is 261 Å². The maximum absolute atomic E-state index is 14.4. The van der Waals surface area contributed by atoms with Crippen molar-refractivity contribution in [2.24, 2.45) is 0 Å². The Morgan fingerprint density at radius 2 is 1.61 bits per heavy atom. The summed E-state index contributed by atoms with van der Waals surface area (Å²) in [6.07, 6.45) is 6.34. The van der Waals surface area contributed by atoms with Gasteiger partial charge in [-0.1, -0.05) is 67.8 Å². The van der Waals surface area contributed by atoms with Crippen molar-refractivity contribution in [3.8, 4) is 11.5 Å². The summed E-state index contributed by atoms with van der Waals surface area (Å²) in [6, 6.07) is 21.2. The minimum Gasteiger partial charge on any atom is -0.497 e. The fourth-order valence-corrected chi connectivity index (χ4v) is 6.50. The molecule has 0 aliphatic heterocycles. The molecule has 1 atom stereocenters.